The number of nitrogens with zero attached hydrogens (tertiary/aromatic N) is 1. The van der Waals surface area contributed by atoms with Crippen LogP contribution < -0.4 is 5.32 Å². The van der Waals surface area contributed by atoms with E-state index in [4.69, 9.17) is 0 Å². The molecule has 1 heterocycles. The zero-order valence-corrected chi connectivity index (χ0v) is 13.6. The van der Waals surface area contributed by atoms with Gasteiger partial charge in [-0.3, -0.25) is 0 Å². The molecule has 0 atom stereocenters. The van der Waals surface area contributed by atoms with Crippen LogP contribution in [0.15, 0.2) is 0 Å². The summed E-state index contributed by atoms with van der Waals surface area (Å²) < 4.78 is 26.2. The van der Waals surface area contributed by atoms with Crippen molar-refractivity contribution in [2.24, 2.45) is 5.41 Å². The van der Waals surface area contributed by atoms with Gasteiger partial charge < -0.3 is 5.32 Å². The molecular formula is C14H30N2O2S. The van der Waals surface area contributed by atoms with E-state index in [2.05, 4.69) is 19.2 Å². The van der Waals surface area contributed by atoms with Gasteiger partial charge in [0.15, 0.2) is 0 Å². The van der Waals surface area contributed by atoms with E-state index in [-0.39, 0.29) is 5.75 Å². The molecule has 1 N–H and O–H groups in total. The van der Waals surface area contributed by atoms with Crippen LogP contribution in [0.2, 0.25) is 0 Å². The van der Waals surface area contributed by atoms with E-state index in [0.717, 1.165) is 38.8 Å². The largest absolute Gasteiger partial charge is 0.317 e. The molecule has 0 amide bonds. The molecule has 19 heavy (non-hydrogen) atoms. The van der Waals surface area contributed by atoms with Gasteiger partial charge in [-0.1, -0.05) is 33.6 Å². The van der Waals surface area contributed by atoms with Crippen molar-refractivity contribution in [3.63, 3.8) is 0 Å². The SMILES string of the molecule is CCNCCCS(=O)(=O)N1CCC(CC)(CC)CC1. The molecule has 1 aliphatic heterocycles. The average Bonchev–Trinajstić information content (AvgIpc) is 2.43. The smallest absolute Gasteiger partial charge is 0.214 e. The van der Waals surface area contributed by atoms with Crippen LogP contribution in [0.4, 0.5) is 0 Å². The number of hydrogen-bond acceptors (Lipinski definition) is 3. The van der Waals surface area contributed by atoms with Crippen LogP contribution in [0, 0.1) is 5.41 Å². The summed E-state index contributed by atoms with van der Waals surface area (Å²) in [6.07, 6.45) is 5.08. The van der Waals surface area contributed by atoms with Crippen molar-refractivity contribution in [3.05, 3.63) is 0 Å². The highest BCUT2D eigenvalue weighted by Gasteiger charge is 2.35. The van der Waals surface area contributed by atoms with E-state index in [0.29, 0.717) is 24.9 Å². The van der Waals surface area contributed by atoms with Gasteiger partial charge in [0, 0.05) is 13.1 Å². The Labute approximate surface area is 119 Å². The predicted octanol–water partition coefficient (Wildman–Crippen LogP) is 2.22. The third-order valence-electron chi connectivity index (χ3n) is 4.68. The maximum Gasteiger partial charge on any atom is 0.214 e. The highest BCUT2D eigenvalue weighted by Crippen LogP contribution is 2.38. The predicted molar refractivity (Wildman–Crippen MR) is 80.8 cm³/mol. The molecule has 0 aromatic carbocycles. The molecule has 114 valence electrons. The molecule has 0 aromatic heterocycles. The van der Waals surface area contributed by atoms with E-state index in [1.54, 1.807) is 4.31 Å². The van der Waals surface area contributed by atoms with Crippen molar-refractivity contribution in [1.29, 1.82) is 0 Å². The van der Waals surface area contributed by atoms with Crippen molar-refractivity contribution in [2.45, 2.75) is 52.9 Å². The second-order valence-electron chi connectivity index (χ2n) is 5.63. The van der Waals surface area contributed by atoms with Crippen LogP contribution in [0.1, 0.15) is 52.9 Å². The lowest BCUT2D eigenvalue weighted by Gasteiger charge is -2.40. The van der Waals surface area contributed by atoms with E-state index in [9.17, 15) is 8.42 Å². The quantitative estimate of drug-likeness (QED) is 0.697. The molecule has 0 aliphatic carbocycles. The van der Waals surface area contributed by atoms with Gasteiger partial charge in [-0.15, -0.1) is 0 Å². The minimum absolute atomic E-state index is 0.283. The topological polar surface area (TPSA) is 49.4 Å². The first-order valence-electron chi connectivity index (χ1n) is 7.68. The van der Waals surface area contributed by atoms with E-state index in [1.807, 2.05) is 6.92 Å². The van der Waals surface area contributed by atoms with Crippen LogP contribution in [-0.2, 0) is 10.0 Å². The van der Waals surface area contributed by atoms with E-state index >= 15 is 0 Å². The number of piperidine rings is 1. The molecule has 0 bridgehead atoms. The lowest BCUT2D eigenvalue weighted by molar-refractivity contribution is 0.141. The fraction of sp³-hybridized carbons (Fsp3) is 1.00. The van der Waals surface area contributed by atoms with Crippen molar-refractivity contribution >= 4 is 10.0 Å². The normalized spacial score (nSPS) is 20.6. The first kappa shape index (κ1) is 16.9. The Morgan fingerprint density at radius 1 is 1.11 bits per heavy atom. The van der Waals surface area contributed by atoms with Gasteiger partial charge in [0.25, 0.3) is 0 Å². The number of sulfonamides is 1. The van der Waals surface area contributed by atoms with Crippen LogP contribution in [0.25, 0.3) is 0 Å². The molecule has 1 aliphatic rings. The highest BCUT2D eigenvalue weighted by molar-refractivity contribution is 7.89. The van der Waals surface area contributed by atoms with Crippen molar-refractivity contribution < 1.29 is 8.42 Å². The van der Waals surface area contributed by atoms with Gasteiger partial charge in [-0.05, 0) is 37.8 Å². The summed E-state index contributed by atoms with van der Waals surface area (Å²) in [6, 6.07) is 0. The van der Waals surface area contributed by atoms with Crippen molar-refractivity contribution in [1.82, 2.24) is 9.62 Å². The fourth-order valence-corrected chi connectivity index (χ4v) is 4.39. The number of nitrogens with one attached hydrogen (secondary N) is 1. The van der Waals surface area contributed by atoms with Crippen molar-refractivity contribution in [2.75, 3.05) is 31.9 Å². The van der Waals surface area contributed by atoms with Crippen LogP contribution in [-0.4, -0.2) is 44.7 Å². The molecule has 1 rings (SSSR count). The Morgan fingerprint density at radius 3 is 2.16 bits per heavy atom. The van der Waals surface area contributed by atoms with E-state index in [1.165, 1.54) is 0 Å². The molecule has 1 saturated heterocycles. The summed E-state index contributed by atoms with van der Waals surface area (Å²) in [5, 5.41) is 3.17. The summed E-state index contributed by atoms with van der Waals surface area (Å²) >= 11 is 0. The minimum atomic E-state index is -3.04. The lowest BCUT2D eigenvalue weighted by atomic mass is 9.75. The van der Waals surface area contributed by atoms with Gasteiger partial charge in [0.1, 0.15) is 0 Å². The van der Waals surface area contributed by atoms with Gasteiger partial charge >= 0.3 is 0 Å². The number of hydrogen-bond donors (Lipinski definition) is 1. The van der Waals surface area contributed by atoms with E-state index < -0.39 is 10.0 Å². The Kier molecular flexibility index (Phi) is 6.77. The average molecular weight is 290 g/mol. The fourth-order valence-electron chi connectivity index (χ4n) is 2.88. The van der Waals surface area contributed by atoms with Gasteiger partial charge in [-0.2, -0.15) is 0 Å². The molecule has 4 nitrogen and oxygen atoms in total. The molecule has 0 spiro atoms. The van der Waals surface area contributed by atoms with Gasteiger partial charge in [-0.25, -0.2) is 12.7 Å². The summed E-state index contributed by atoms with van der Waals surface area (Å²) in [7, 11) is -3.04. The second-order valence-corrected chi connectivity index (χ2v) is 7.72. The highest BCUT2D eigenvalue weighted by atomic mass is 32.2. The zero-order valence-electron chi connectivity index (χ0n) is 12.7. The number of rotatable bonds is 8. The molecule has 0 aromatic rings. The van der Waals surface area contributed by atoms with Crippen LogP contribution in [0.3, 0.4) is 0 Å². The second kappa shape index (κ2) is 7.60. The molecule has 5 heteroatoms. The zero-order chi connectivity index (χ0) is 14.4. The van der Waals surface area contributed by atoms with Crippen LogP contribution >= 0.6 is 0 Å². The molecule has 1 fully saturated rings. The Hall–Kier alpha value is -0.130. The Balaban J connectivity index is 2.45. The molecular weight excluding hydrogens is 260 g/mol. The maximum absolute atomic E-state index is 12.2. The third kappa shape index (κ3) is 4.72. The lowest BCUT2D eigenvalue weighted by Crippen LogP contribution is -2.43. The molecule has 0 radical (unpaired) electrons. The van der Waals surface area contributed by atoms with Crippen molar-refractivity contribution in [3.8, 4) is 0 Å². The first-order chi connectivity index (χ1) is 8.99. The van der Waals surface area contributed by atoms with Gasteiger partial charge in [0.05, 0.1) is 5.75 Å². The molecule has 0 unspecified atom stereocenters. The van der Waals surface area contributed by atoms with Crippen LogP contribution in [0.5, 0.6) is 0 Å². The monoisotopic (exact) mass is 290 g/mol. The minimum Gasteiger partial charge on any atom is -0.317 e. The first-order valence-corrected chi connectivity index (χ1v) is 9.29. The van der Waals surface area contributed by atoms with Gasteiger partial charge in [0.2, 0.25) is 10.0 Å². The molecule has 0 saturated carbocycles. The third-order valence-corrected chi connectivity index (χ3v) is 6.64. The summed E-state index contributed by atoms with van der Waals surface area (Å²) in [6.45, 7) is 9.61. The summed E-state index contributed by atoms with van der Waals surface area (Å²) in [4.78, 5) is 0. The summed E-state index contributed by atoms with van der Waals surface area (Å²) in [5.41, 5.74) is 0.385. The Bertz CT molecular complexity index is 340. The standard InChI is InChI=1S/C14H30N2O2S/c1-4-14(5-2)8-11-16(12-9-14)19(17,18)13-7-10-15-6-3/h15H,4-13H2,1-3H3. The Morgan fingerprint density at radius 2 is 1.68 bits per heavy atom. The summed E-state index contributed by atoms with van der Waals surface area (Å²) in [5.74, 6) is 0.283. The maximum atomic E-state index is 12.2.